The van der Waals surface area contributed by atoms with Crippen LogP contribution in [0.3, 0.4) is 0 Å². The molecule has 0 aromatic carbocycles. The molecule has 0 spiro atoms. The Labute approximate surface area is 81.3 Å². The van der Waals surface area contributed by atoms with Crippen molar-refractivity contribution >= 4 is 0 Å². The van der Waals surface area contributed by atoms with Crippen molar-refractivity contribution in [1.29, 1.82) is 0 Å². The van der Waals surface area contributed by atoms with E-state index in [2.05, 4.69) is 32.6 Å². The quantitative estimate of drug-likeness (QED) is 0.642. The van der Waals surface area contributed by atoms with E-state index in [-0.39, 0.29) is 5.92 Å². The van der Waals surface area contributed by atoms with E-state index < -0.39 is 6.17 Å². The molecule has 0 radical (unpaired) electrons. The zero-order valence-corrected chi connectivity index (χ0v) is 9.26. The van der Waals surface area contributed by atoms with Crippen molar-refractivity contribution in [2.45, 2.75) is 46.3 Å². The fourth-order valence-corrected chi connectivity index (χ4v) is 2.17. The molecule has 1 heterocycles. The van der Waals surface area contributed by atoms with Crippen LogP contribution in [-0.2, 0) is 0 Å². The summed E-state index contributed by atoms with van der Waals surface area (Å²) >= 11 is 0. The molecule has 1 rings (SSSR count). The topological polar surface area (TPSA) is 3.24 Å². The largest absolute Gasteiger partial charge is 0.298 e. The third-order valence-electron chi connectivity index (χ3n) is 3.21. The van der Waals surface area contributed by atoms with Gasteiger partial charge in [-0.1, -0.05) is 13.8 Å². The first-order chi connectivity index (χ1) is 6.02. The molecule has 0 N–H and O–H groups in total. The molecule has 0 unspecified atom stereocenters. The summed E-state index contributed by atoms with van der Waals surface area (Å²) in [6.07, 6.45) is 0.410. The lowest BCUT2D eigenvalue weighted by Crippen LogP contribution is -2.46. The molecule has 1 aliphatic rings. The Morgan fingerprint density at radius 2 is 1.85 bits per heavy atom. The second-order valence-electron chi connectivity index (χ2n) is 4.80. The molecule has 0 amide bonds. The molecule has 1 fully saturated rings. The van der Waals surface area contributed by atoms with Crippen molar-refractivity contribution in [3.63, 3.8) is 0 Å². The molecule has 0 bridgehead atoms. The fourth-order valence-electron chi connectivity index (χ4n) is 2.17. The van der Waals surface area contributed by atoms with Crippen LogP contribution in [-0.4, -0.2) is 30.2 Å². The van der Waals surface area contributed by atoms with Gasteiger partial charge in [0.2, 0.25) is 0 Å². The smallest absolute Gasteiger partial charge is 0.116 e. The summed E-state index contributed by atoms with van der Waals surface area (Å²) in [4.78, 5) is 2.24. The molecular weight excluding hydrogens is 165 g/mol. The van der Waals surface area contributed by atoms with Gasteiger partial charge in [-0.2, -0.15) is 0 Å². The van der Waals surface area contributed by atoms with E-state index in [9.17, 15) is 4.39 Å². The third kappa shape index (κ3) is 2.67. The number of likely N-dealkylation sites (tertiary alicyclic amines) is 1. The van der Waals surface area contributed by atoms with Crippen LogP contribution in [0.2, 0.25) is 0 Å². The average molecular weight is 187 g/mol. The molecular formula is C11H22FN. The molecule has 1 saturated heterocycles. The van der Waals surface area contributed by atoms with E-state index in [4.69, 9.17) is 0 Å². The number of nitrogens with zero attached hydrogens (tertiary/aromatic N) is 1. The van der Waals surface area contributed by atoms with Crippen LogP contribution in [0.15, 0.2) is 0 Å². The van der Waals surface area contributed by atoms with Crippen LogP contribution in [0, 0.1) is 11.8 Å². The predicted molar refractivity (Wildman–Crippen MR) is 54.6 cm³/mol. The van der Waals surface area contributed by atoms with E-state index >= 15 is 0 Å². The van der Waals surface area contributed by atoms with E-state index in [1.165, 1.54) is 0 Å². The standard InChI is InChI=1S/C11H22FN/c1-8(2)10-5-6-13(9(3)4)7-11(10)12/h8-11H,5-7H2,1-4H3/t10-,11-/m1/s1. The van der Waals surface area contributed by atoms with Crippen LogP contribution in [0.5, 0.6) is 0 Å². The molecule has 1 nitrogen and oxygen atoms in total. The Balaban J connectivity index is 2.46. The van der Waals surface area contributed by atoms with Crippen LogP contribution in [0.4, 0.5) is 4.39 Å². The van der Waals surface area contributed by atoms with Crippen molar-refractivity contribution in [2.24, 2.45) is 11.8 Å². The summed E-state index contributed by atoms with van der Waals surface area (Å²) in [6.45, 7) is 10.2. The minimum Gasteiger partial charge on any atom is -0.298 e. The summed E-state index contributed by atoms with van der Waals surface area (Å²) in [5, 5.41) is 0. The van der Waals surface area contributed by atoms with Gasteiger partial charge in [0.25, 0.3) is 0 Å². The first-order valence-electron chi connectivity index (χ1n) is 5.40. The molecule has 0 aromatic heterocycles. The molecule has 78 valence electrons. The molecule has 0 aromatic rings. The number of hydrogen-bond acceptors (Lipinski definition) is 1. The summed E-state index contributed by atoms with van der Waals surface area (Å²) in [5.74, 6) is 0.777. The third-order valence-corrected chi connectivity index (χ3v) is 3.21. The van der Waals surface area contributed by atoms with Gasteiger partial charge in [-0.3, -0.25) is 4.90 Å². The number of hydrogen-bond donors (Lipinski definition) is 0. The number of halogens is 1. The first-order valence-corrected chi connectivity index (χ1v) is 5.40. The number of alkyl halides is 1. The summed E-state index contributed by atoms with van der Waals surface area (Å²) in [5.41, 5.74) is 0. The SMILES string of the molecule is CC(C)[C@H]1CCN(C(C)C)C[C@H]1F. The lowest BCUT2D eigenvalue weighted by atomic mass is 9.85. The summed E-state index contributed by atoms with van der Waals surface area (Å²) < 4.78 is 13.7. The molecule has 1 aliphatic heterocycles. The molecule has 2 heteroatoms. The monoisotopic (exact) mass is 187 g/mol. The van der Waals surface area contributed by atoms with Gasteiger partial charge in [-0.15, -0.1) is 0 Å². The highest BCUT2D eigenvalue weighted by Gasteiger charge is 2.31. The van der Waals surface area contributed by atoms with Gasteiger partial charge in [0.15, 0.2) is 0 Å². The zero-order chi connectivity index (χ0) is 10.0. The Bertz CT molecular complexity index is 156. The zero-order valence-electron chi connectivity index (χ0n) is 9.26. The van der Waals surface area contributed by atoms with Gasteiger partial charge >= 0.3 is 0 Å². The highest BCUT2D eigenvalue weighted by molar-refractivity contribution is 4.83. The first kappa shape index (κ1) is 11.0. The molecule has 0 aliphatic carbocycles. The lowest BCUT2D eigenvalue weighted by Gasteiger charge is -2.38. The van der Waals surface area contributed by atoms with E-state index in [0.29, 0.717) is 18.5 Å². The highest BCUT2D eigenvalue weighted by atomic mass is 19.1. The van der Waals surface area contributed by atoms with Gasteiger partial charge < -0.3 is 0 Å². The Kier molecular flexibility index (Phi) is 3.72. The Morgan fingerprint density at radius 3 is 2.23 bits per heavy atom. The van der Waals surface area contributed by atoms with Gasteiger partial charge in [-0.05, 0) is 38.6 Å². The van der Waals surface area contributed by atoms with Gasteiger partial charge in [0.05, 0.1) is 0 Å². The second kappa shape index (κ2) is 4.41. The van der Waals surface area contributed by atoms with E-state index in [1.807, 2.05) is 0 Å². The maximum Gasteiger partial charge on any atom is 0.116 e. The summed E-state index contributed by atoms with van der Waals surface area (Å²) in [7, 11) is 0. The van der Waals surface area contributed by atoms with Crippen LogP contribution < -0.4 is 0 Å². The highest BCUT2D eigenvalue weighted by Crippen LogP contribution is 2.27. The maximum atomic E-state index is 13.7. The van der Waals surface area contributed by atoms with E-state index in [1.54, 1.807) is 0 Å². The Morgan fingerprint density at radius 1 is 1.23 bits per heavy atom. The van der Waals surface area contributed by atoms with Crippen molar-refractivity contribution in [3.05, 3.63) is 0 Å². The van der Waals surface area contributed by atoms with Gasteiger partial charge in [0.1, 0.15) is 6.17 Å². The molecule has 13 heavy (non-hydrogen) atoms. The Hall–Kier alpha value is -0.110. The summed E-state index contributed by atoms with van der Waals surface area (Å²) in [6, 6.07) is 0.492. The fraction of sp³-hybridized carbons (Fsp3) is 1.00. The maximum absolute atomic E-state index is 13.7. The van der Waals surface area contributed by atoms with Crippen molar-refractivity contribution in [1.82, 2.24) is 4.90 Å². The predicted octanol–water partition coefficient (Wildman–Crippen LogP) is 2.71. The minimum absolute atomic E-state index is 0.287. The van der Waals surface area contributed by atoms with Gasteiger partial charge in [-0.25, -0.2) is 4.39 Å². The van der Waals surface area contributed by atoms with Crippen LogP contribution >= 0.6 is 0 Å². The van der Waals surface area contributed by atoms with Crippen LogP contribution in [0.25, 0.3) is 0 Å². The second-order valence-corrected chi connectivity index (χ2v) is 4.80. The normalized spacial score (nSPS) is 31.6. The van der Waals surface area contributed by atoms with Crippen molar-refractivity contribution < 1.29 is 4.39 Å². The van der Waals surface area contributed by atoms with Crippen LogP contribution in [0.1, 0.15) is 34.1 Å². The van der Waals surface area contributed by atoms with E-state index in [0.717, 1.165) is 13.0 Å². The minimum atomic E-state index is -0.615. The van der Waals surface area contributed by atoms with Crippen molar-refractivity contribution in [3.8, 4) is 0 Å². The van der Waals surface area contributed by atoms with Crippen molar-refractivity contribution in [2.75, 3.05) is 13.1 Å². The molecule has 0 saturated carbocycles. The average Bonchev–Trinajstić information content (AvgIpc) is 2.03. The number of rotatable bonds is 2. The lowest BCUT2D eigenvalue weighted by molar-refractivity contribution is 0.0452. The van der Waals surface area contributed by atoms with Gasteiger partial charge in [0, 0.05) is 12.6 Å². The molecule has 2 atom stereocenters. The number of piperidine rings is 1.